The van der Waals surface area contributed by atoms with E-state index in [1.54, 1.807) is 6.07 Å². The van der Waals surface area contributed by atoms with E-state index in [2.05, 4.69) is 25.8 Å². The van der Waals surface area contributed by atoms with Crippen LogP contribution in [0.4, 0.5) is 0 Å². The first-order valence-electron chi connectivity index (χ1n) is 10.6. The maximum absolute atomic E-state index is 13.3. The molecule has 1 saturated carbocycles. The van der Waals surface area contributed by atoms with Gasteiger partial charge in [0.25, 0.3) is 0 Å². The summed E-state index contributed by atoms with van der Waals surface area (Å²) in [5, 5.41) is 12.5. The molecule has 1 amide bonds. The SMILES string of the molecule is CC(C)C(C)N(Cc1cc(Cl)ccc1OCc1nc(CO)cs1)C(=O)C1CCCC1. The number of hydrogen-bond acceptors (Lipinski definition) is 5. The third kappa shape index (κ3) is 5.74. The fraction of sp³-hybridized carbons (Fsp3) is 0.565. The van der Waals surface area contributed by atoms with Gasteiger partial charge >= 0.3 is 0 Å². The summed E-state index contributed by atoms with van der Waals surface area (Å²) in [4.78, 5) is 19.7. The number of carbonyl (C=O) groups excluding carboxylic acids is 1. The standard InChI is InChI=1S/C23H31ClN2O3S/c1-15(2)16(3)26(23(28)17-6-4-5-7-17)11-18-10-19(24)8-9-21(18)29-13-22-25-20(12-27)14-30-22/h8-10,14-17,27H,4-7,11-13H2,1-3H3. The highest BCUT2D eigenvalue weighted by molar-refractivity contribution is 7.09. The van der Waals surface area contributed by atoms with Crippen molar-refractivity contribution in [3.8, 4) is 5.75 Å². The number of benzene rings is 1. The molecule has 0 radical (unpaired) electrons. The highest BCUT2D eigenvalue weighted by Crippen LogP contribution is 2.31. The second-order valence-corrected chi connectivity index (χ2v) is 9.74. The van der Waals surface area contributed by atoms with Gasteiger partial charge in [0.2, 0.25) is 5.91 Å². The van der Waals surface area contributed by atoms with Gasteiger partial charge in [-0.2, -0.15) is 0 Å². The Morgan fingerprint density at radius 2 is 2.07 bits per heavy atom. The van der Waals surface area contributed by atoms with Gasteiger partial charge in [-0.15, -0.1) is 11.3 Å². The summed E-state index contributed by atoms with van der Waals surface area (Å²) < 4.78 is 6.05. The molecule has 1 atom stereocenters. The number of aliphatic hydroxyl groups is 1. The van der Waals surface area contributed by atoms with Crippen LogP contribution in [0, 0.1) is 11.8 Å². The first-order valence-corrected chi connectivity index (χ1v) is 11.9. The molecule has 1 aromatic carbocycles. The minimum Gasteiger partial charge on any atom is -0.486 e. The Balaban J connectivity index is 1.80. The van der Waals surface area contributed by atoms with Crippen LogP contribution in [0.3, 0.4) is 0 Å². The second-order valence-electron chi connectivity index (χ2n) is 8.36. The van der Waals surface area contributed by atoms with Crippen LogP contribution in [0.25, 0.3) is 0 Å². The molecule has 1 N–H and O–H groups in total. The van der Waals surface area contributed by atoms with Gasteiger partial charge in [0, 0.05) is 34.5 Å². The third-order valence-electron chi connectivity index (χ3n) is 5.92. The number of carbonyl (C=O) groups is 1. The first kappa shape index (κ1) is 23.0. The van der Waals surface area contributed by atoms with Crippen LogP contribution in [0.5, 0.6) is 5.75 Å². The molecule has 5 nitrogen and oxygen atoms in total. The first-order chi connectivity index (χ1) is 14.4. The summed E-state index contributed by atoms with van der Waals surface area (Å²) in [6.07, 6.45) is 4.23. The zero-order chi connectivity index (χ0) is 21.7. The Hall–Kier alpha value is -1.63. The molecule has 30 heavy (non-hydrogen) atoms. The molecule has 3 rings (SSSR count). The Bertz CT molecular complexity index is 849. The molecule has 0 bridgehead atoms. The van der Waals surface area contributed by atoms with Gasteiger partial charge in [-0.05, 0) is 43.9 Å². The highest BCUT2D eigenvalue weighted by Gasteiger charge is 2.31. The number of amides is 1. The number of ether oxygens (including phenoxy) is 1. The van der Waals surface area contributed by atoms with Crippen molar-refractivity contribution < 1.29 is 14.6 Å². The monoisotopic (exact) mass is 450 g/mol. The fourth-order valence-electron chi connectivity index (χ4n) is 3.81. The van der Waals surface area contributed by atoms with Crippen LogP contribution < -0.4 is 4.74 Å². The molecule has 1 aliphatic rings. The highest BCUT2D eigenvalue weighted by atomic mass is 35.5. The van der Waals surface area contributed by atoms with E-state index in [1.165, 1.54) is 11.3 Å². The molecule has 1 unspecified atom stereocenters. The molecule has 0 aliphatic heterocycles. The van der Waals surface area contributed by atoms with E-state index in [-0.39, 0.29) is 24.5 Å². The average Bonchev–Trinajstić information content (AvgIpc) is 3.42. The van der Waals surface area contributed by atoms with Crippen molar-refractivity contribution in [2.24, 2.45) is 11.8 Å². The number of rotatable bonds is 9. The number of aromatic nitrogens is 1. The summed E-state index contributed by atoms with van der Waals surface area (Å²) in [5.41, 5.74) is 1.55. The minimum absolute atomic E-state index is 0.0754. The lowest BCUT2D eigenvalue weighted by atomic mass is 9.99. The lowest BCUT2D eigenvalue weighted by Crippen LogP contribution is -2.43. The van der Waals surface area contributed by atoms with E-state index < -0.39 is 0 Å². The maximum Gasteiger partial charge on any atom is 0.226 e. The van der Waals surface area contributed by atoms with Crippen molar-refractivity contribution in [2.75, 3.05) is 0 Å². The summed E-state index contributed by atoms with van der Waals surface area (Å²) in [6, 6.07) is 5.67. The van der Waals surface area contributed by atoms with Gasteiger partial charge in [-0.3, -0.25) is 4.79 Å². The van der Waals surface area contributed by atoms with Crippen LogP contribution in [0.2, 0.25) is 5.02 Å². The number of aliphatic hydroxyl groups excluding tert-OH is 1. The zero-order valence-electron chi connectivity index (χ0n) is 17.9. The van der Waals surface area contributed by atoms with E-state index in [9.17, 15) is 9.90 Å². The molecule has 1 fully saturated rings. The number of halogens is 1. The van der Waals surface area contributed by atoms with Gasteiger partial charge in [0.1, 0.15) is 17.4 Å². The topological polar surface area (TPSA) is 62.7 Å². The van der Waals surface area contributed by atoms with Gasteiger partial charge in [-0.25, -0.2) is 4.98 Å². The Kier molecular flexibility index (Phi) is 8.14. The van der Waals surface area contributed by atoms with E-state index in [1.807, 2.05) is 22.4 Å². The molecule has 7 heteroatoms. The molecule has 1 heterocycles. The van der Waals surface area contributed by atoms with Crippen molar-refractivity contribution in [3.63, 3.8) is 0 Å². The molecule has 164 valence electrons. The van der Waals surface area contributed by atoms with E-state index in [0.717, 1.165) is 36.3 Å². The fourth-order valence-corrected chi connectivity index (χ4v) is 4.70. The Morgan fingerprint density at radius 3 is 2.70 bits per heavy atom. The van der Waals surface area contributed by atoms with E-state index in [4.69, 9.17) is 16.3 Å². The summed E-state index contributed by atoms with van der Waals surface area (Å²) >= 11 is 7.75. The molecular formula is C23H31ClN2O3S. The normalized spacial score (nSPS) is 15.5. The number of hydrogen-bond donors (Lipinski definition) is 1. The summed E-state index contributed by atoms with van der Waals surface area (Å²) in [6.45, 7) is 7.13. The predicted molar refractivity (Wildman–Crippen MR) is 121 cm³/mol. The minimum atomic E-state index is -0.0754. The number of nitrogens with zero attached hydrogens (tertiary/aromatic N) is 2. The quantitative estimate of drug-likeness (QED) is 0.553. The van der Waals surface area contributed by atoms with E-state index >= 15 is 0 Å². The van der Waals surface area contributed by atoms with Crippen molar-refractivity contribution >= 4 is 28.8 Å². The molecule has 0 spiro atoms. The van der Waals surface area contributed by atoms with E-state index in [0.29, 0.717) is 35.5 Å². The van der Waals surface area contributed by atoms with Crippen LogP contribution in [0.1, 0.15) is 62.7 Å². The second kappa shape index (κ2) is 10.6. The molecule has 2 aromatic rings. The molecular weight excluding hydrogens is 420 g/mol. The smallest absolute Gasteiger partial charge is 0.226 e. The van der Waals surface area contributed by atoms with Gasteiger partial charge in [0.05, 0.1) is 12.3 Å². The lowest BCUT2D eigenvalue weighted by Gasteiger charge is -2.34. The van der Waals surface area contributed by atoms with Crippen LogP contribution >= 0.6 is 22.9 Å². The van der Waals surface area contributed by atoms with Crippen LogP contribution in [-0.2, 0) is 24.6 Å². The van der Waals surface area contributed by atoms with Crippen LogP contribution in [-0.4, -0.2) is 26.9 Å². The maximum atomic E-state index is 13.3. The van der Waals surface area contributed by atoms with Crippen LogP contribution in [0.15, 0.2) is 23.6 Å². The average molecular weight is 451 g/mol. The third-order valence-corrected chi connectivity index (χ3v) is 7.03. The molecule has 1 aromatic heterocycles. The van der Waals surface area contributed by atoms with Crippen molar-refractivity contribution in [2.45, 2.75) is 72.3 Å². The Labute approximate surface area is 188 Å². The van der Waals surface area contributed by atoms with Gasteiger partial charge in [-0.1, -0.05) is 38.3 Å². The summed E-state index contributed by atoms with van der Waals surface area (Å²) in [5.74, 6) is 1.43. The van der Waals surface area contributed by atoms with Gasteiger partial charge < -0.3 is 14.7 Å². The summed E-state index contributed by atoms with van der Waals surface area (Å²) in [7, 11) is 0. The largest absolute Gasteiger partial charge is 0.486 e. The molecule has 0 saturated heterocycles. The van der Waals surface area contributed by atoms with Crippen molar-refractivity contribution in [1.82, 2.24) is 9.88 Å². The van der Waals surface area contributed by atoms with Gasteiger partial charge in [0.15, 0.2) is 0 Å². The van der Waals surface area contributed by atoms with Crippen molar-refractivity contribution in [1.29, 1.82) is 0 Å². The Morgan fingerprint density at radius 1 is 1.33 bits per heavy atom. The lowest BCUT2D eigenvalue weighted by molar-refractivity contribution is -0.139. The van der Waals surface area contributed by atoms with Crippen molar-refractivity contribution in [3.05, 3.63) is 44.9 Å². The zero-order valence-corrected chi connectivity index (χ0v) is 19.5. The molecule has 1 aliphatic carbocycles. The number of thiazole rings is 1. The predicted octanol–water partition coefficient (Wildman–Crippen LogP) is 5.43.